The molecule has 2 aliphatic heterocycles. The molecule has 6 rings (SSSR count). The van der Waals surface area contributed by atoms with E-state index in [4.69, 9.17) is 14.5 Å². The third kappa shape index (κ3) is 7.12. The van der Waals surface area contributed by atoms with Crippen LogP contribution in [0.5, 0.6) is 0 Å². The zero-order chi connectivity index (χ0) is 32.6. The van der Waals surface area contributed by atoms with E-state index in [1.54, 1.807) is 16.2 Å². The van der Waals surface area contributed by atoms with Crippen molar-refractivity contribution in [1.82, 2.24) is 24.8 Å². The van der Waals surface area contributed by atoms with Crippen LogP contribution in [0, 0.1) is 0 Å². The minimum atomic E-state index is -0.535. The average Bonchev–Trinajstić information content (AvgIpc) is 3.82. The third-order valence-corrected chi connectivity index (χ3v) is 9.14. The highest BCUT2D eigenvalue weighted by Gasteiger charge is 2.36. The van der Waals surface area contributed by atoms with Gasteiger partial charge in [-0.25, -0.2) is 19.6 Å². The van der Waals surface area contributed by atoms with Crippen LogP contribution in [-0.2, 0) is 9.47 Å². The summed E-state index contributed by atoms with van der Waals surface area (Å²) in [4.78, 5) is 42.2. The molecule has 4 heterocycles. The molecule has 2 aliphatic rings. The van der Waals surface area contributed by atoms with Crippen molar-refractivity contribution in [3.8, 4) is 33.6 Å². The molecule has 0 aliphatic carbocycles. The normalized spacial score (nSPS) is 18.7. The first-order valence-corrected chi connectivity index (χ1v) is 16.9. The molecule has 0 saturated carbocycles. The average molecular weight is 642 g/mol. The molecular formula is C36H43N5O4S. The summed E-state index contributed by atoms with van der Waals surface area (Å²) in [7, 11) is 0. The SMILES string of the molecule is CC(C)(C)OC(=O)N1CCCC1c1ncc(-c2ccc(-c3ccc(-c4csc(C5CCCN5C(=O)OC(C)(C)C)n4)cc3)cc2)[nH]1. The molecule has 2 aromatic carbocycles. The lowest BCUT2D eigenvalue weighted by atomic mass is 10.0. The Hall–Kier alpha value is -4.18. The van der Waals surface area contributed by atoms with E-state index in [-0.39, 0.29) is 24.3 Å². The molecule has 2 amide bonds. The van der Waals surface area contributed by atoms with Crippen molar-refractivity contribution in [2.24, 2.45) is 0 Å². The number of rotatable bonds is 5. The number of H-pyrrole nitrogens is 1. The Bertz CT molecular complexity index is 1550. The summed E-state index contributed by atoms with van der Waals surface area (Å²) >= 11 is 1.60. The van der Waals surface area contributed by atoms with E-state index in [9.17, 15) is 9.59 Å². The van der Waals surface area contributed by atoms with Crippen molar-refractivity contribution < 1.29 is 19.1 Å². The van der Waals surface area contributed by atoms with Gasteiger partial charge in [0.05, 0.1) is 29.7 Å². The number of hydrogen-bond donors (Lipinski definition) is 1. The maximum absolute atomic E-state index is 12.8. The van der Waals surface area contributed by atoms with Gasteiger partial charge in [0.2, 0.25) is 0 Å². The molecule has 4 aromatic rings. The predicted molar refractivity (Wildman–Crippen MR) is 180 cm³/mol. The molecule has 2 aromatic heterocycles. The Morgan fingerprint density at radius 2 is 1.26 bits per heavy atom. The van der Waals surface area contributed by atoms with Crippen LogP contribution in [0.2, 0.25) is 0 Å². The van der Waals surface area contributed by atoms with Gasteiger partial charge < -0.3 is 14.5 Å². The monoisotopic (exact) mass is 641 g/mol. The van der Waals surface area contributed by atoms with Crippen molar-refractivity contribution in [2.75, 3.05) is 13.1 Å². The number of likely N-dealkylation sites (tertiary alicyclic amines) is 2. The minimum Gasteiger partial charge on any atom is -0.444 e. The summed E-state index contributed by atoms with van der Waals surface area (Å²) in [6.45, 7) is 12.7. The molecule has 46 heavy (non-hydrogen) atoms. The Labute approximate surface area is 275 Å². The predicted octanol–water partition coefficient (Wildman–Crippen LogP) is 9.01. The van der Waals surface area contributed by atoms with Crippen LogP contribution in [0.15, 0.2) is 60.1 Å². The van der Waals surface area contributed by atoms with Gasteiger partial charge in [-0.05, 0) is 83.9 Å². The van der Waals surface area contributed by atoms with Crippen molar-refractivity contribution in [3.63, 3.8) is 0 Å². The fourth-order valence-corrected chi connectivity index (χ4v) is 7.03. The Balaban J connectivity index is 1.11. The fourth-order valence-electron chi connectivity index (χ4n) is 6.05. The first kappa shape index (κ1) is 31.8. The smallest absolute Gasteiger partial charge is 0.410 e. The molecular weight excluding hydrogens is 598 g/mol. The Morgan fingerprint density at radius 3 is 1.83 bits per heavy atom. The quantitative estimate of drug-likeness (QED) is 0.233. The highest BCUT2D eigenvalue weighted by atomic mass is 32.1. The Kier molecular flexibility index (Phi) is 8.67. The van der Waals surface area contributed by atoms with Gasteiger partial charge in [0, 0.05) is 24.0 Å². The van der Waals surface area contributed by atoms with E-state index in [0.29, 0.717) is 13.1 Å². The number of nitrogens with one attached hydrogen (secondary N) is 1. The van der Waals surface area contributed by atoms with Crippen molar-refractivity contribution in [2.45, 2.75) is 90.5 Å². The molecule has 2 unspecified atom stereocenters. The second-order valence-electron chi connectivity index (χ2n) is 14.1. The minimum absolute atomic E-state index is 0.0422. The summed E-state index contributed by atoms with van der Waals surface area (Å²) in [6, 6.07) is 16.7. The molecule has 0 bridgehead atoms. The first-order valence-electron chi connectivity index (χ1n) is 16.1. The summed E-state index contributed by atoms with van der Waals surface area (Å²) in [6.07, 6.45) is 4.89. The van der Waals surface area contributed by atoms with Crippen LogP contribution in [0.25, 0.3) is 33.6 Å². The molecule has 2 saturated heterocycles. The van der Waals surface area contributed by atoms with Crippen LogP contribution >= 0.6 is 11.3 Å². The van der Waals surface area contributed by atoms with Crippen molar-refractivity contribution >= 4 is 23.5 Å². The van der Waals surface area contributed by atoms with Crippen LogP contribution in [0.3, 0.4) is 0 Å². The first-order chi connectivity index (χ1) is 21.8. The molecule has 2 atom stereocenters. The summed E-state index contributed by atoms with van der Waals surface area (Å²) in [5.41, 5.74) is 5.07. The van der Waals surface area contributed by atoms with Crippen LogP contribution < -0.4 is 0 Å². The van der Waals surface area contributed by atoms with Gasteiger partial charge in [0.15, 0.2) is 0 Å². The zero-order valence-electron chi connectivity index (χ0n) is 27.5. The van der Waals surface area contributed by atoms with E-state index < -0.39 is 11.2 Å². The molecule has 2 fully saturated rings. The molecule has 10 heteroatoms. The number of benzene rings is 2. The van der Waals surface area contributed by atoms with E-state index in [1.165, 1.54) is 0 Å². The summed E-state index contributed by atoms with van der Waals surface area (Å²) < 4.78 is 11.3. The van der Waals surface area contributed by atoms with Gasteiger partial charge in [-0.3, -0.25) is 9.80 Å². The van der Waals surface area contributed by atoms with E-state index in [2.05, 4.69) is 63.9 Å². The van der Waals surface area contributed by atoms with Crippen LogP contribution in [0.4, 0.5) is 9.59 Å². The van der Waals surface area contributed by atoms with E-state index >= 15 is 0 Å². The van der Waals surface area contributed by atoms with Crippen molar-refractivity contribution in [1.29, 1.82) is 0 Å². The third-order valence-electron chi connectivity index (χ3n) is 8.19. The van der Waals surface area contributed by atoms with Crippen molar-refractivity contribution in [3.05, 3.63) is 70.9 Å². The second-order valence-corrected chi connectivity index (χ2v) is 15.0. The standard InChI is InChI=1S/C36H43N5O4S/c1-35(2,3)44-33(42)40-19-7-9-29(40)31-37-21-27(38-31)25-15-11-23(12-16-25)24-13-17-26(18-14-24)28-22-46-32(39-28)30-10-8-20-41(30)34(43)45-36(4,5)6/h11-18,21-22,29-30H,7-10,19-20H2,1-6H3,(H,37,38). The van der Waals surface area contributed by atoms with Gasteiger partial charge in [0.1, 0.15) is 22.0 Å². The largest absolute Gasteiger partial charge is 0.444 e. The highest BCUT2D eigenvalue weighted by molar-refractivity contribution is 7.10. The van der Waals surface area contributed by atoms with E-state index in [1.807, 2.05) is 52.6 Å². The van der Waals surface area contributed by atoms with Gasteiger partial charge in [0.25, 0.3) is 0 Å². The number of imidazole rings is 1. The zero-order valence-corrected chi connectivity index (χ0v) is 28.3. The maximum atomic E-state index is 12.8. The number of carbonyl (C=O) groups excluding carboxylic acids is 2. The van der Waals surface area contributed by atoms with E-state index in [0.717, 1.165) is 70.2 Å². The summed E-state index contributed by atoms with van der Waals surface area (Å²) in [5, 5.41) is 3.02. The van der Waals surface area contributed by atoms with Crippen LogP contribution in [-0.4, -0.2) is 61.2 Å². The number of aromatic nitrogens is 3. The number of aromatic amines is 1. The number of ether oxygens (including phenoxy) is 2. The summed E-state index contributed by atoms with van der Waals surface area (Å²) in [5.74, 6) is 0.786. The van der Waals surface area contributed by atoms with Gasteiger partial charge in [-0.1, -0.05) is 48.5 Å². The molecule has 242 valence electrons. The number of amides is 2. The maximum Gasteiger partial charge on any atom is 0.410 e. The van der Waals surface area contributed by atoms with Crippen LogP contribution in [0.1, 0.15) is 90.1 Å². The van der Waals surface area contributed by atoms with Gasteiger partial charge in [-0.2, -0.15) is 0 Å². The number of carbonyl (C=O) groups is 2. The highest BCUT2D eigenvalue weighted by Crippen LogP contribution is 2.37. The lowest BCUT2D eigenvalue weighted by Gasteiger charge is -2.27. The molecule has 0 spiro atoms. The Morgan fingerprint density at radius 1 is 0.761 bits per heavy atom. The number of thiazole rings is 1. The molecule has 9 nitrogen and oxygen atoms in total. The van der Waals surface area contributed by atoms with Gasteiger partial charge >= 0.3 is 12.2 Å². The van der Waals surface area contributed by atoms with Gasteiger partial charge in [-0.15, -0.1) is 11.3 Å². The number of nitrogens with zero attached hydrogens (tertiary/aromatic N) is 4. The lowest BCUT2D eigenvalue weighted by molar-refractivity contribution is 0.0210. The molecule has 1 N–H and O–H groups in total. The topological polar surface area (TPSA) is 101 Å². The fraction of sp³-hybridized carbons (Fsp3) is 0.444. The lowest BCUT2D eigenvalue weighted by Crippen LogP contribution is -2.36. The molecule has 0 radical (unpaired) electrons. The second kappa shape index (κ2) is 12.5. The number of hydrogen-bond acceptors (Lipinski definition) is 7.